The third-order valence-corrected chi connectivity index (χ3v) is 4.68. The molecule has 0 aliphatic heterocycles. The van der Waals surface area contributed by atoms with Crippen LogP contribution in [0.25, 0.3) is 0 Å². The topological polar surface area (TPSA) is 52.5 Å². The van der Waals surface area contributed by atoms with Gasteiger partial charge >= 0.3 is 0 Å². The van der Waals surface area contributed by atoms with Crippen LogP contribution in [0.1, 0.15) is 124 Å². The first-order chi connectivity index (χ1) is 12.7. The second kappa shape index (κ2) is 27.1. The fraction of sp³-hybridized carbons (Fsp3) is 1.00. The highest BCUT2D eigenvalue weighted by molar-refractivity contribution is 4.52. The van der Waals surface area contributed by atoms with Crippen molar-refractivity contribution in [1.29, 1.82) is 0 Å². The Balaban J connectivity index is 0. The van der Waals surface area contributed by atoms with E-state index < -0.39 is 6.10 Å². The monoisotopic (exact) mass is 373 g/mol. The van der Waals surface area contributed by atoms with E-state index in [1.54, 1.807) is 0 Å². The van der Waals surface area contributed by atoms with Gasteiger partial charge in [0, 0.05) is 0 Å². The smallest absolute Gasteiger partial charge is 0.0742 e. The fourth-order valence-corrected chi connectivity index (χ4v) is 2.89. The van der Waals surface area contributed by atoms with Crippen LogP contribution in [-0.4, -0.2) is 36.0 Å². The molecular weight excluding hydrogens is 322 g/mol. The Morgan fingerprint density at radius 1 is 0.577 bits per heavy atom. The van der Waals surface area contributed by atoms with Crippen LogP contribution in [0.2, 0.25) is 0 Å². The molecule has 0 aromatic heterocycles. The van der Waals surface area contributed by atoms with Gasteiger partial charge in [0.2, 0.25) is 0 Å². The van der Waals surface area contributed by atoms with Crippen molar-refractivity contribution in [3.63, 3.8) is 0 Å². The largest absolute Gasteiger partial charge is 0.394 e. The number of hydrogen-bond acceptors (Lipinski definition) is 3. The summed E-state index contributed by atoms with van der Waals surface area (Å²) >= 11 is 0. The van der Waals surface area contributed by atoms with Gasteiger partial charge in [-0.3, -0.25) is 0 Å². The summed E-state index contributed by atoms with van der Waals surface area (Å²) < 4.78 is 0. The maximum absolute atomic E-state index is 8.11. The van der Waals surface area contributed by atoms with Crippen LogP contribution < -0.4 is 5.32 Å². The Morgan fingerprint density at radius 3 is 1.12 bits per heavy atom. The zero-order valence-corrected chi connectivity index (χ0v) is 18.4. The highest BCUT2D eigenvalue weighted by Crippen LogP contribution is 2.09. The van der Waals surface area contributed by atoms with Crippen LogP contribution in [0.5, 0.6) is 0 Å². The summed E-state index contributed by atoms with van der Waals surface area (Å²) in [6, 6.07) is 0. The molecule has 0 spiro atoms. The minimum absolute atomic E-state index is 0.139. The van der Waals surface area contributed by atoms with Crippen molar-refractivity contribution in [3.05, 3.63) is 0 Å². The van der Waals surface area contributed by atoms with Gasteiger partial charge in [-0.2, -0.15) is 0 Å². The molecule has 0 aliphatic carbocycles. The molecule has 160 valence electrons. The molecule has 0 aliphatic rings. The van der Waals surface area contributed by atoms with Crippen LogP contribution in [0.15, 0.2) is 0 Å². The van der Waals surface area contributed by atoms with Gasteiger partial charge in [0.1, 0.15) is 0 Å². The Bertz CT molecular complexity index is 204. The summed E-state index contributed by atoms with van der Waals surface area (Å²) in [6.45, 7) is 8.45. The van der Waals surface area contributed by atoms with E-state index in [1.165, 1.54) is 123 Å². The lowest BCUT2D eigenvalue weighted by atomic mass is 10.1. The van der Waals surface area contributed by atoms with E-state index in [4.69, 9.17) is 10.2 Å². The maximum atomic E-state index is 8.11. The predicted molar refractivity (Wildman–Crippen MR) is 117 cm³/mol. The third-order valence-electron chi connectivity index (χ3n) is 4.68. The average Bonchev–Trinajstić information content (AvgIpc) is 2.64. The van der Waals surface area contributed by atoms with Crippen molar-refractivity contribution >= 4 is 0 Å². The molecule has 3 N–H and O–H groups in total. The quantitative estimate of drug-likeness (QED) is 0.236. The first kappa shape index (κ1) is 28.1. The van der Waals surface area contributed by atoms with Gasteiger partial charge in [-0.1, -0.05) is 104 Å². The maximum Gasteiger partial charge on any atom is 0.0742 e. The highest BCUT2D eigenvalue weighted by Gasteiger charge is 1.93. The second-order valence-corrected chi connectivity index (χ2v) is 7.73. The molecule has 26 heavy (non-hydrogen) atoms. The lowest BCUT2D eigenvalue weighted by Gasteiger charge is -2.05. The second-order valence-electron chi connectivity index (χ2n) is 7.73. The first-order valence-electron chi connectivity index (χ1n) is 11.7. The van der Waals surface area contributed by atoms with E-state index in [-0.39, 0.29) is 6.61 Å². The summed E-state index contributed by atoms with van der Waals surface area (Å²) in [5.74, 6) is 0. The number of nitrogens with one attached hydrogen (secondary N) is 1. The zero-order chi connectivity index (χ0) is 19.7. The van der Waals surface area contributed by atoms with E-state index in [2.05, 4.69) is 19.2 Å². The van der Waals surface area contributed by atoms with Gasteiger partial charge in [0.15, 0.2) is 0 Å². The molecule has 0 saturated heterocycles. The van der Waals surface area contributed by atoms with Gasteiger partial charge in [-0.25, -0.2) is 0 Å². The van der Waals surface area contributed by atoms with E-state index in [0.29, 0.717) is 0 Å². The Kier molecular flexibility index (Phi) is 29.3. The molecule has 3 heteroatoms. The third kappa shape index (κ3) is 31.6. The standard InChI is InChI=1S/C20H43N.C3H8O2/c1-3-5-7-9-11-13-15-17-19-21-20-18-16-14-12-10-8-6-4-2;1-3(5)2-4/h21H,3-20H2,1-2H3;3-5H,2H2,1H3. The number of unbranched alkanes of at least 4 members (excludes halogenated alkanes) is 14. The van der Waals surface area contributed by atoms with Crippen LogP contribution in [-0.2, 0) is 0 Å². The first-order valence-corrected chi connectivity index (χ1v) is 11.7. The number of aliphatic hydroxyl groups is 2. The number of rotatable bonds is 19. The van der Waals surface area contributed by atoms with Crippen LogP contribution in [0.3, 0.4) is 0 Å². The summed E-state index contributed by atoms with van der Waals surface area (Å²) in [6.07, 6.45) is 22.3. The van der Waals surface area contributed by atoms with Crippen molar-refractivity contribution in [2.45, 2.75) is 130 Å². The Hall–Kier alpha value is -0.120. The molecule has 3 nitrogen and oxygen atoms in total. The van der Waals surface area contributed by atoms with Gasteiger partial charge in [0.25, 0.3) is 0 Å². The van der Waals surface area contributed by atoms with Gasteiger partial charge < -0.3 is 15.5 Å². The molecule has 0 radical (unpaired) electrons. The van der Waals surface area contributed by atoms with Gasteiger partial charge in [-0.05, 0) is 32.9 Å². The number of hydrogen-bond donors (Lipinski definition) is 3. The van der Waals surface area contributed by atoms with Crippen molar-refractivity contribution in [2.75, 3.05) is 19.7 Å². The molecule has 0 bridgehead atoms. The average molecular weight is 374 g/mol. The number of aliphatic hydroxyl groups excluding tert-OH is 2. The minimum atomic E-state index is -0.560. The zero-order valence-electron chi connectivity index (χ0n) is 18.4. The van der Waals surface area contributed by atoms with Crippen LogP contribution in [0.4, 0.5) is 0 Å². The normalized spacial score (nSPS) is 11.9. The van der Waals surface area contributed by atoms with Crippen LogP contribution in [0, 0.1) is 0 Å². The Morgan fingerprint density at radius 2 is 0.846 bits per heavy atom. The molecule has 1 unspecified atom stereocenters. The molecule has 0 saturated carbocycles. The Labute approximate surface area is 165 Å². The summed E-state index contributed by atoms with van der Waals surface area (Å²) in [7, 11) is 0. The van der Waals surface area contributed by atoms with Crippen molar-refractivity contribution in [1.82, 2.24) is 5.32 Å². The summed E-state index contributed by atoms with van der Waals surface area (Å²) in [5, 5.41) is 19.6. The van der Waals surface area contributed by atoms with E-state index in [9.17, 15) is 0 Å². The molecule has 0 aromatic carbocycles. The molecular formula is C23H51NO2. The highest BCUT2D eigenvalue weighted by atomic mass is 16.3. The predicted octanol–water partition coefficient (Wildman–Crippen LogP) is 6.22. The van der Waals surface area contributed by atoms with Crippen LogP contribution >= 0.6 is 0 Å². The molecule has 1 atom stereocenters. The lowest BCUT2D eigenvalue weighted by Crippen LogP contribution is -2.16. The fourth-order valence-electron chi connectivity index (χ4n) is 2.89. The lowest BCUT2D eigenvalue weighted by molar-refractivity contribution is 0.110. The molecule has 0 rings (SSSR count). The molecule has 0 fully saturated rings. The molecule has 0 amide bonds. The van der Waals surface area contributed by atoms with E-state index in [0.717, 1.165) is 0 Å². The SMILES string of the molecule is CC(O)CO.CCCCCCCCCCNCCCCCCCCCC. The summed E-state index contributed by atoms with van der Waals surface area (Å²) in [5.41, 5.74) is 0. The van der Waals surface area contributed by atoms with Crippen molar-refractivity contribution in [3.8, 4) is 0 Å². The molecule has 0 heterocycles. The van der Waals surface area contributed by atoms with E-state index >= 15 is 0 Å². The summed E-state index contributed by atoms with van der Waals surface area (Å²) in [4.78, 5) is 0. The van der Waals surface area contributed by atoms with E-state index in [1.807, 2.05) is 0 Å². The van der Waals surface area contributed by atoms with Crippen molar-refractivity contribution < 1.29 is 10.2 Å². The van der Waals surface area contributed by atoms with Crippen molar-refractivity contribution in [2.24, 2.45) is 0 Å². The minimum Gasteiger partial charge on any atom is -0.394 e. The van der Waals surface area contributed by atoms with Gasteiger partial charge in [0.05, 0.1) is 12.7 Å². The molecule has 0 aromatic rings. The van der Waals surface area contributed by atoms with Gasteiger partial charge in [-0.15, -0.1) is 0 Å².